The van der Waals surface area contributed by atoms with E-state index in [0.29, 0.717) is 4.88 Å². The summed E-state index contributed by atoms with van der Waals surface area (Å²) in [6.45, 7) is 0.203. The first kappa shape index (κ1) is 14.1. The largest absolute Gasteiger partial charge is 0.337 e. The van der Waals surface area contributed by atoms with Gasteiger partial charge in [-0.15, -0.1) is 11.3 Å². The van der Waals surface area contributed by atoms with Gasteiger partial charge >= 0.3 is 0 Å². The van der Waals surface area contributed by atoms with Gasteiger partial charge in [0.25, 0.3) is 11.8 Å². The normalized spacial score (nSPS) is 17.7. The van der Waals surface area contributed by atoms with Crippen LogP contribution in [0.2, 0.25) is 0 Å². The molecule has 110 valence electrons. The molecule has 2 aromatic rings. The number of hydrogen-bond acceptors (Lipinski definition) is 3. The molecule has 0 bridgehead atoms. The number of carbonyl (C=O) groups is 1. The van der Waals surface area contributed by atoms with E-state index in [1.54, 1.807) is 0 Å². The molecule has 1 aliphatic rings. The molecule has 1 fully saturated rings. The van der Waals surface area contributed by atoms with Gasteiger partial charge in [-0.3, -0.25) is 4.79 Å². The minimum absolute atomic E-state index is 0.102. The van der Waals surface area contributed by atoms with Crippen LogP contribution in [0.5, 0.6) is 0 Å². The fraction of sp³-hybridized carbons (Fsp3) is 0.333. The van der Waals surface area contributed by atoms with Crippen LogP contribution in [0.3, 0.4) is 0 Å². The number of halogens is 2. The van der Waals surface area contributed by atoms with Crippen LogP contribution in [0, 0.1) is 0 Å². The molecule has 3 nitrogen and oxygen atoms in total. The predicted octanol–water partition coefficient (Wildman–Crippen LogP) is 3.68. The lowest BCUT2D eigenvalue weighted by Crippen LogP contribution is -2.42. The second-order valence-corrected chi connectivity index (χ2v) is 6.07. The van der Waals surface area contributed by atoms with E-state index in [4.69, 9.17) is 0 Å². The third kappa shape index (κ3) is 3.10. The summed E-state index contributed by atoms with van der Waals surface area (Å²) >= 11 is 1.30. The number of likely N-dealkylation sites (tertiary alicyclic amines) is 1. The number of rotatable bonds is 2. The molecular formula is C15H14F2N2OS. The van der Waals surface area contributed by atoms with E-state index in [-0.39, 0.29) is 31.8 Å². The summed E-state index contributed by atoms with van der Waals surface area (Å²) in [4.78, 5) is 18.5. The molecule has 6 heteroatoms. The average Bonchev–Trinajstić information content (AvgIpc) is 2.97. The number of amides is 1. The Kier molecular flexibility index (Phi) is 3.71. The van der Waals surface area contributed by atoms with Crippen LogP contribution >= 0.6 is 11.3 Å². The number of nitrogens with zero attached hydrogens (tertiary/aromatic N) is 2. The number of thiazole rings is 1. The van der Waals surface area contributed by atoms with E-state index in [2.05, 4.69) is 4.98 Å². The maximum absolute atomic E-state index is 13.1. The standard InChI is InChI=1S/C15H14F2N2OS/c16-15(17)6-8-19(9-7-15)14(20)12-10-18-13(21-12)11-4-2-1-3-5-11/h1-5,10H,6-9H2. The molecule has 1 aromatic carbocycles. The molecule has 0 saturated carbocycles. The zero-order valence-electron chi connectivity index (χ0n) is 11.3. The van der Waals surface area contributed by atoms with Crippen LogP contribution in [-0.4, -0.2) is 34.8 Å². The number of benzene rings is 1. The summed E-state index contributed by atoms with van der Waals surface area (Å²) in [5.41, 5.74) is 0.951. The highest BCUT2D eigenvalue weighted by Crippen LogP contribution is 2.30. The van der Waals surface area contributed by atoms with Crippen LogP contribution in [0.15, 0.2) is 36.5 Å². The summed E-state index contributed by atoms with van der Waals surface area (Å²) in [6, 6.07) is 9.58. The lowest BCUT2D eigenvalue weighted by Gasteiger charge is -2.31. The highest BCUT2D eigenvalue weighted by Gasteiger charge is 2.36. The molecule has 21 heavy (non-hydrogen) atoms. The fourth-order valence-electron chi connectivity index (χ4n) is 2.28. The zero-order valence-corrected chi connectivity index (χ0v) is 12.1. The van der Waals surface area contributed by atoms with E-state index in [0.717, 1.165) is 10.6 Å². The Morgan fingerprint density at radius 1 is 1.19 bits per heavy atom. The summed E-state index contributed by atoms with van der Waals surface area (Å²) in [5, 5.41) is 0.765. The Balaban J connectivity index is 1.73. The highest BCUT2D eigenvalue weighted by atomic mass is 32.1. The van der Waals surface area contributed by atoms with Gasteiger partial charge in [0, 0.05) is 31.5 Å². The Morgan fingerprint density at radius 3 is 2.52 bits per heavy atom. The number of carbonyl (C=O) groups excluding carboxylic acids is 1. The SMILES string of the molecule is O=C(c1cnc(-c2ccccc2)s1)N1CCC(F)(F)CC1. The van der Waals surface area contributed by atoms with Crippen molar-refractivity contribution in [2.75, 3.05) is 13.1 Å². The zero-order chi connectivity index (χ0) is 14.9. The molecular weight excluding hydrogens is 294 g/mol. The molecule has 0 unspecified atom stereocenters. The first-order valence-corrected chi connectivity index (χ1v) is 7.55. The molecule has 1 aromatic heterocycles. The monoisotopic (exact) mass is 308 g/mol. The quantitative estimate of drug-likeness (QED) is 0.848. The molecule has 1 amide bonds. The molecule has 0 spiro atoms. The van der Waals surface area contributed by atoms with Crippen molar-refractivity contribution >= 4 is 17.2 Å². The number of aromatic nitrogens is 1. The Morgan fingerprint density at radius 2 is 1.86 bits per heavy atom. The van der Waals surface area contributed by atoms with Crippen molar-refractivity contribution in [3.8, 4) is 10.6 Å². The third-order valence-electron chi connectivity index (χ3n) is 3.52. The van der Waals surface area contributed by atoms with E-state index in [1.165, 1.54) is 22.4 Å². The van der Waals surface area contributed by atoms with Crippen LogP contribution in [-0.2, 0) is 0 Å². The van der Waals surface area contributed by atoms with Gasteiger partial charge in [-0.25, -0.2) is 13.8 Å². The van der Waals surface area contributed by atoms with Crippen molar-refractivity contribution in [3.63, 3.8) is 0 Å². The predicted molar refractivity (Wildman–Crippen MR) is 77.6 cm³/mol. The van der Waals surface area contributed by atoms with Crippen molar-refractivity contribution in [2.24, 2.45) is 0 Å². The summed E-state index contributed by atoms with van der Waals surface area (Å²) < 4.78 is 26.2. The van der Waals surface area contributed by atoms with Crippen molar-refractivity contribution in [1.82, 2.24) is 9.88 Å². The molecule has 0 atom stereocenters. The van der Waals surface area contributed by atoms with Gasteiger partial charge in [-0.05, 0) is 0 Å². The molecule has 0 aliphatic carbocycles. The van der Waals surface area contributed by atoms with Crippen molar-refractivity contribution in [2.45, 2.75) is 18.8 Å². The van der Waals surface area contributed by atoms with Gasteiger partial charge in [-0.2, -0.15) is 0 Å². The molecule has 0 radical (unpaired) electrons. The maximum atomic E-state index is 13.1. The smallest absolute Gasteiger partial charge is 0.265 e. The second kappa shape index (κ2) is 5.52. The van der Waals surface area contributed by atoms with Gasteiger partial charge in [0.05, 0.1) is 6.20 Å². The van der Waals surface area contributed by atoms with Crippen LogP contribution < -0.4 is 0 Å². The topological polar surface area (TPSA) is 33.2 Å². The first-order valence-electron chi connectivity index (χ1n) is 6.73. The second-order valence-electron chi connectivity index (χ2n) is 5.04. The molecule has 3 rings (SSSR count). The van der Waals surface area contributed by atoms with Crippen LogP contribution in [0.25, 0.3) is 10.6 Å². The Hall–Kier alpha value is -1.82. The van der Waals surface area contributed by atoms with Crippen LogP contribution in [0.4, 0.5) is 8.78 Å². The minimum atomic E-state index is -2.64. The number of alkyl halides is 2. The van der Waals surface area contributed by atoms with Gasteiger partial charge in [-0.1, -0.05) is 30.3 Å². The van der Waals surface area contributed by atoms with Crippen molar-refractivity contribution < 1.29 is 13.6 Å². The van der Waals surface area contributed by atoms with E-state index >= 15 is 0 Å². The molecule has 2 heterocycles. The lowest BCUT2D eigenvalue weighted by atomic mass is 10.1. The average molecular weight is 308 g/mol. The minimum Gasteiger partial charge on any atom is -0.337 e. The number of hydrogen-bond donors (Lipinski definition) is 0. The highest BCUT2D eigenvalue weighted by molar-refractivity contribution is 7.16. The van der Waals surface area contributed by atoms with E-state index < -0.39 is 5.92 Å². The van der Waals surface area contributed by atoms with Gasteiger partial charge in [0.1, 0.15) is 9.88 Å². The Labute approximate surface area is 125 Å². The lowest BCUT2D eigenvalue weighted by molar-refractivity contribution is -0.0493. The van der Waals surface area contributed by atoms with Crippen molar-refractivity contribution in [3.05, 3.63) is 41.4 Å². The van der Waals surface area contributed by atoms with E-state index in [1.807, 2.05) is 30.3 Å². The van der Waals surface area contributed by atoms with Gasteiger partial charge < -0.3 is 4.90 Å². The molecule has 0 N–H and O–H groups in total. The summed E-state index contributed by atoms with van der Waals surface area (Å²) in [7, 11) is 0. The first-order chi connectivity index (χ1) is 10.1. The maximum Gasteiger partial charge on any atom is 0.265 e. The molecule has 1 saturated heterocycles. The summed E-state index contributed by atoms with van der Waals surface area (Å²) in [5.74, 6) is -2.84. The van der Waals surface area contributed by atoms with Crippen molar-refractivity contribution in [1.29, 1.82) is 0 Å². The van der Waals surface area contributed by atoms with Gasteiger partial charge in [0.2, 0.25) is 0 Å². The Bertz CT molecular complexity index is 632. The molecule has 1 aliphatic heterocycles. The number of piperidine rings is 1. The third-order valence-corrected chi connectivity index (χ3v) is 4.55. The van der Waals surface area contributed by atoms with Crippen LogP contribution in [0.1, 0.15) is 22.5 Å². The van der Waals surface area contributed by atoms with E-state index in [9.17, 15) is 13.6 Å². The fourth-order valence-corrected chi connectivity index (χ4v) is 3.17. The van der Waals surface area contributed by atoms with Gasteiger partial charge in [0.15, 0.2) is 0 Å². The summed E-state index contributed by atoms with van der Waals surface area (Å²) in [6.07, 6.45) is 1.01.